The summed E-state index contributed by atoms with van der Waals surface area (Å²) >= 11 is 0. The van der Waals surface area contributed by atoms with Gasteiger partial charge in [0.15, 0.2) is 5.82 Å². The minimum Gasteiger partial charge on any atom is -0.325 e. The molecule has 1 N–H and O–H groups in total. The highest BCUT2D eigenvalue weighted by molar-refractivity contribution is 5.58. The molecule has 3 rings (SSSR count). The summed E-state index contributed by atoms with van der Waals surface area (Å²) in [5, 5.41) is 3.42. The van der Waals surface area contributed by atoms with Gasteiger partial charge in [0.05, 0.1) is 18.1 Å². The van der Waals surface area contributed by atoms with Crippen LogP contribution in [0.1, 0.15) is 25.5 Å². The third-order valence-electron chi connectivity index (χ3n) is 3.57. The number of benzene rings is 1. The number of hydrogen-bond donors (Lipinski definition) is 1. The maximum Gasteiger partial charge on any atom is 0.151 e. The summed E-state index contributed by atoms with van der Waals surface area (Å²) in [6.07, 6.45) is 6.10. The second kappa shape index (κ2) is 6.18. The van der Waals surface area contributed by atoms with Crippen LogP contribution in [0.2, 0.25) is 0 Å². The molecule has 4 nitrogen and oxygen atoms in total. The van der Waals surface area contributed by atoms with Crippen molar-refractivity contribution in [3.63, 3.8) is 0 Å². The van der Waals surface area contributed by atoms with E-state index in [1.54, 1.807) is 24.5 Å². The zero-order valence-corrected chi connectivity index (χ0v) is 12.1. The van der Waals surface area contributed by atoms with Crippen LogP contribution in [0.25, 0.3) is 0 Å². The van der Waals surface area contributed by atoms with E-state index in [4.69, 9.17) is 0 Å². The van der Waals surface area contributed by atoms with Crippen LogP contribution in [-0.4, -0.2) is 22.6 Å². The van der Waals surface area contributed by atoms with Gasteiger partial charge in [-0.1, -0.05) is 0 Å². The van der Waals surface area contributed by atoms with Crippen LogP contribution in [0, 0.1) is 5.82 Å². The Labute approximate surface area is 124 Å². The summed E-state index contributed by atoms with van der Waals surface area (Å²) in [6.45, 7) is 3.55. The average molecular weight is 286 g/mol. The highest BCUT2D eigenvalue weighted by atomic mass is 19.1. The van der Waals surface area contributed by atoms with E-state index >= 15 is 0 Å². The van der Waals surface area contributed by atoms with E-state index in [9.17, 15) is 4.39 Å². The van der Waals surface area contributed by atoms with Gasteiger partial charge in [0.25, 0.3) is 0 Å². The molecule has 2 aromatic rings. The molecule has 0 amide bonds. The van der Waals surface area contributed by atoms with E-state index in [1.807, 2.05) is 11.8 Å². The van der Waals surface area contributed by atoms with Gasteiger partial charge in [0.2, 0.25) is 0 Å². The summed E-state index contributed by atoms with van der Waals surface area (Å²) in [6, 6.07) is 7.09. The highest BCUT2D eigenvalue weighted by Crippen LogP contribution is 2.23. The number of hydrogen-bond acceptors (Lipinski definition) is 4. The van der Waals surface area contributed by atoms with Gasteiger partial charge in [-0.3, -0.25) is 4.98 Å². The zero-order chi connectivity index (χ0) is 14.7. The molecule has 21 heavy (non-hydrogen) atoms. The molecule has 0 atom stereocenters. The number of aromatic nitrogens is 2. The van der Waals surface area contributed by atoms with E-state index in [1.165, 1.54) is 25.0 Å². The van der Waals surface area contributed by atoms with E-state index in [2.05, 4.69) is 15.3 Å². The summed E-state index contributed by atoms with van der Waals surface area (Å²) in [7, 11) is 0. The first kappa shape index (κ1) is 13.9. The number of rotatable bonds is 6. The SMILES string of the molecule is CCN(c1ccc(F)cc1)c1cnc(CNC2CC2)cn1. The van der Waals surface area contributed by atoms with Gasteiger partial charge in [-0.15, -0.1) is 0 Å². The molecule has 1 saturated carbocycles. The maximum absolute atomic E-state index is 13.0. The minimum absolute atomic E-state index is 0.234. The van der Waals surface area contributed by atoms with Gasteiger partial charge in [0, 0.05) is 24.8 Å². The molecule has 5 heteroatoms. The van der Waals surface area contributed by atoms with Gasteiger partial charge in [-0.25, -0.2) is 9.37 Å². The van der Waals surface area contributed by atoms with Crippen molar-refractivity contribution in [1.29, 1.82) is 0 Å². The third kappa shape index (κ3) is 3.55. The van der Waals surface area contributed by atoms with Crippen LogP contribution in [0.3, 0.4) is 0 Å². The molecule has 1 aromatic heterocycles. The minimum atomic E-state index is -0.234. The molecule has 0 radical (unpaired) electrons. The Hall–Kier alpha value is -2.01. The largest absolute Gasteiger partial charge is 0.325 e. The summed E-state index contributed by atoms with van der Waals surface area (Å²) in [5.41, 5.74) is 1.86. The van der Waals surface area contributed by atoms with E-state index < -0.39 is 0 Å². The first-order chi connectivity index (χ1) is 10.3. The second-order valence-electron chi connectivity index (χ2n) is 5.24. The molecular formula is C16H19FN4. The van der Waals surface area contributed by atoms with E-state index in [-0.39, 0.29) is 5.82 Å². The Morgan fingerprint density at radius 1 is 1.19 bits per heavy atom. The lowest BCUT2D eigenvalue weighted by Crippen LogP contribution is -2.19. The van der Waals surface area contributed by atoms with Crippen molar-refractivity contribution < 1.29 is 4.39 Å². The second-order valence-corrected chi connectivity index (χ2v) is 5.24. The standard InChI is InChI=1S/C16H19FN4/c1-2-21(15-7-3-12(17)4-8-15)16-11-19-14(10-20-16)9-18-13-5-6-13/h3-4,7-8,10-11,13,18H,2,5-6,9H2,1H3. The molecule has 110 valence electrons. The lowest BCUT2D eigenvalue weighted by Gasteiger charge is -2.21. The molecule has 1 heterocycles. The average Bonchev–Trinajstić information content (AvgIpc) is 3.33. The fraction of sp³-hybridized carbons (Fsp3) is 0.375. The van der Waals surface area contributed by atoms with Crippen molar-refractivity contribution in [1.82, 2.24) is 15.3 Å². The summed E-state index contributed by atoms with van der Waals surface area (Å²) < 4.78 is 13.0. The van der Waals surface area contributed by atoms with Gasteiger partial charge in [-0.05, 0) is 44.0 Å². The fourth-order valence-electron chi connectivity index (χ4n) is 2.21. The van der Waals surface area contributed by atoms with Crippen molar-refractivity contribution in [3.05, 3.63) is 48.2 Å². The lowest BCUT2D eigenvalue weighted by molar-refractivity contribution is 0.627. The molecule has 0 saturated heterocycles. The first-order valence-corrected chi connectivity index (χ1v) is 7.33. The third-order valence-corrected chi connectivity index (χ3v) is 3.57. The number of halogens is 1. The lowest BCUT2D eigenvalue weighted by atomic mass is 10.3. The van der Waals surface area contributed by atoms with Crippen molar-refractivity contribution in [2.75, 3.05) is 11.4 Å². The van der Waals surface area contributed by atoms with Crippen molar-refractivity contribution in [3.8, 4) is 0 Å². The molecule has 0 bridgehead atoms. The van der Waals surface area contributed by atoms with Crippen molar-refractivity contribution in [2.45, 2.75) is 32.4 Å². The molecule has 0 aliphatic heterocycles. The fourth-order valence-corrected chi connectivity index (χ4v) is 2.21. The van der Waals surface area contributed by atoms with E-state index in [0.717, 1.165) is 30.3 Å². The molecular weight excluding hydrogens is 267 g/mol. The van der Waals surface area contributed by atoms with Gasteiger partial charge in [-0.2, -0.15) is 0 Å². The predicted octanol–water partition coefficient (Wildman–Crippen LogP) is 3.03. The smallest absolute Gasteiger partial charge is 0.151 e. The van der Waals surface area contributed by atoms with Crippen molar-refractivity contribution >= 4 is 11.5 Å². The first-order valence-electron chi connectivity index (χ1n) is 7.33. The van der Waals surface area contributed by atoms with Crippen LogP contribution in [0.4, 0.5) is 15.9 Å². The monoisotopic (exact) mass is 286 g/mol. The van der Waals surface area contributed by atoms with Gasteiger partial charge < -0.3 is 10.2 Å². The Bertz CT molecular complexity index is 578. The van der Waals surface area contributed by atoms with Crippen LogP contribution in [0.5, 0.6) is 0 Å². The highest BCUT2D eigenvalue weighted by Gasteiger charge is 2.20. The van der Waals surface area contributed by atoms with Crippen LogP contribution in [0.15, 0.2) is 36.7 Å². The number of nitrogens with zero attached hydrogens (tertiary/aromatic N) is 3. The Morgan fingerprint density at radius 3 is 2.52 bits per heavy atom. The van der Waals surface area contributed by atoms with Gasteiger partial charge >= 0.3 is 0 Å². The molecule has 1 aromatic carbocycles. The molecule has 0 unspecified atom stereocenters. The van der Waals surface area contributed by atoms with E-state index in [0.29, 0.717) is 6.04 Å². The summed E-state index contributed by atoms with van der Waals surface area (Å²) in [4.78, 5) is 10.9. The quantitative estimate of drug-likeness (QED) is 0.886. The maximum atomic E-state index is 13.0. The topological polar surface area (TPSA) is 41.1 Å². The Kier molecular flexibility index (Phi) is 4.10. The molecule has 1 aliphatic rings. The molecule has 1 fully saturated rings. The Morgan fingerprint density at radius 2 is 1.95 bits per heavy atom. The van der Waals surface area contributed by atoms with Gasteiger partial charge in [0.1, 0.15) is 5.82 Å². The summed E-state index contributed by atoms with van der Waals surface area (Å²) in [5.74, 6) is 0.543. The normalized spacial score (nSPS) is 14.2. The van der Waals surface area contributed by atoms with Crippen molar-refractivity contribution in [2.24, 2.45) is 0 Å². The molecule has 0 spiro atoms. The zero-order valence-electron chi connectivity index (χ0n) is 12.1. The van der Waals surface area contributed by atoms with Crippen LogP contribution in [-0.2, 0) is 6.54 Å². The van der Waals surface area contributed by atoms with Crippen LogP contribution >= 0.6 is 0 Å². The number of nitrogens with one attached hydrogen (secondary N) is 1. The molecule has 1 aliphatic carbocycles. The number of anilines is 2. The predicted molar refractivity (Wildman–Crippen MR) is 81.0 cm³/mol. The van der Waals surface area contributed by atoms with Crippen LogP contribution < -0.4 is 10.2 Å². The Balaban J connectivity index is 1.72.